The summed E-state index contributed by atoms with van der Waals surface area (Å²) < 4.78 is 2.72. The van der Waals surface area contributed by atoms with Crippen LogP contribution in [0.4, 0.5) is 0 Å². The van der Waals surface area contributed by atoms with E-state index < -0.39 is 0 Å². The monoisotopic (exact) mass is 263 g/mol. The smallest absolute Gasteiger partial charge is 0.204 e. The molecule has 0 aliphatic rings. The molecule has 0 heterocycles. The average molecular weight is 263 g/mol. The van der Waals surface area contributed by atoms with Crippen LogP contribution in [-0.2, 0) is 4.79 Å². The van der Waals surface area contributed by atoms with Crippen molar-refractivity contribution in [2.75, 3.05) is 5.75 Å². The fraction of sp³-hybridized carbons (Fsp3) is 0.667. The van der Waals surface area contributed by atoms with Gasteiger partial charge in [0.05, 0.1) is 6.04 Å². The van der Waals surface area contributed by atoms with Gasteiger partial charge >= 0.3 is 0 Å². The summed E-state index contributed by atoms with van der Waals surface area (Å²) in [5.41, 5.74) is 0. The van der Waals surface area contributed by atoms with Crippen LogP contribution >= 0.6 is 48.1 Å². The second-order valence-corrected chi connectivity index (χ2v) is 2.61. The quantitative estimate of drug-likeness (QED) is 0.397. The zero-order valence-corrected chi connectivity index (χ0v) is 7.91. The molecule has 5 heteroatoms. The van der Waals surface area contributed by atoms with E-state index in [1.165, 1.54) is 0 Å². The summed E-state index contributed by atoms with van der Waals surface area (Å²) in [6.45, 7) is 0. The molecule has 0 aromatic carbocycles. The Balaban J connectivity index is 3.52. The summed E-state index contributed by atoms with van der Waals surface area (Å²) in [5.74, 6) is 0.491. The lowest BCUT2D eigenvalue weighted by Crippen LogP contribution is -2.28. The molecule has 0 aromatic heterocycles. The van der Waals surface area contributed by atoms with Gasteiger partial charge in [-0.25, -0.2) is 3.53 Å². The van der Waals surface area contributed by atoms with Gasteiger partial charge in [-0.15, -0.1) is 12.6 Å². The zero-order chi connectivity index (χ0) is 6.57. The summed E-state index contributed by atoms with van der Waals surface area (Å²) in [6, 6.07) is -0.220. The fourth-order valence-electron chi connectivity index (χ4n) is 0.159. The van der Waals surface area contributed by atoms with Crippen LogP contribution in [0.1, 0.15) is 0 Å². The topological polar surface area (TPSA) is 29.1 Å². The molecule has 1 N–H and O–H groups in total. The lowest BCUT2D eigenvalue weighted by Gasteiger charge is -2.03. The molecule has 0 saturated heterocycles. The minimum Gasteiger partial charge on any atom is -0.286 e. The Morgan fingerprint density at radius 2 is 2.38 bits per heavy atom. The number of hydrogen-bond donors (Lipinski definition) is 3. The fourth-order valence-corrected chi connectivity index (χ4v) is 1.81. The van der Waals surface area contributed by atoms with Gasteiger partial charge in [0.2, 0.25) is 5.12 Å². The standard InChI is InChI=1S/C3H6INOS2/c4-5-2(1-7)3(6)8/h2,5,7H,1H2,(H,6,8)/t2-/m0/s1. The first-order valence-corrected chi connectivity index (χ1v) is 4.08. The maximum atomic E-state index is 10.4. The molecule has 48 valence electrons. The van der Waals surface area contributed by atoms with E-state index >= 15 is 0 Å². The van der Waals surface area contributed by atoms with E-state index in [1.54, 1.807) is 0 Å². The second-order valence-electron chi connectivity index (χ2n) is 1.18. The number of hydrogen-bond acceptors (Lipinski definition) is 3. The van der Waals surface area contributed by atoms with E-state index in [0.717, 1.165) is 0 Å². The minimum atomic E-state index is -0.220. The highest BCUT2D eigenvalue weighted by atomic mass is 127. The lowest BCUT2D eigenvalue weighted by atomic mass is 10.4. The molecule has 0 amide bonds. The first-order chi connectivity index (χ1) is 3.72. The molecule has 0 radical (unpaired) electrons. The molecule has 0 rings (SSSR count). The van der Waals surface area contributed by atoms with Crippen LogP contribution in [0.15, 0.2) is 0 Å². The van der Waals surface area contributed by atoms with Gasteiger partial charge in [0.15, 0.2) is 0 Å². The predicted molar refractivity (Wildman–Crippen MR) is 48.8 cm³/mol. The molecule has 1 atom stereocenters. The molecule has 0 unspecified atom stereocenters. The van der Waals surface area contributed by atoms with Crippen molar-refractivity contribution in [1.29, 1.82) is 0 Å². The third-order valence-electron chi connectivity index (χ3n) is 0.612. The third kappa shape index (κ3) is 3.16. The number of rotatable bonds is 3. The lowest BCUT2D eigenvalue weighted by molar-refractivity contribution is -0.111. The number of halogens is 1. The molecular weight excluding hydrogens is 257 g/mol. The van der Waals surface area contributed by atoms with Crippen molar-refractivity contribution in [3.05, 3.63) is 0 Å². The van der Waals surface area contributed by atoms with E-state index in [1.807, 2.05) is 22.9 Å². The summed E-state index contributed by atoms with van der Waals surface area (Å²) in [6.07, 6.45) is 0. The van der Waals surface area contributed by atoms with Crippen molar-refractivity contribution < 1.29 is 4.79 Å². The minimum absolute atomic E-state index is 0.172. The largest absolute Gasteiger partial charge is 0.286 e. The second kappa shape index (κ2) is 4.89. The van der Waals surface area contributed by atoms with E-state index in [9.17, 15) is 4.79 Å². The highest BCUT2D eigenvalue weighted by molar-refractivity contribution is 14.1. The van der Waals surface area contributed by atoms with Gasteiger partial charge in [-0.1, -0.05) is 0 Å². The van der Waals surface area contributed by atoms with Crippen LogP contribution in [0, 0.1) is 0 Å². The zero-order valence-electron chi connectivity index (χ0n) is 3.97. The van der Waals surface area contributed by atoms with Crippen molar-refractivity contribution in [2.24, 2.45) is 0 Å². The van der Waals surface area contributed by atoms with Gasteiger partial charge in [0.25, 0.3) is 0 Å². The first-order valence-electron chi connectivity index (χ1n) is 1.92. The van der Waals surface area contributed by atoms with Gasteiger partial charge in [-0.3, -0.25) is 4.79 Å². The van der Waals surface area contributed by atoms with E-state index in [2.05, 4.69) is 28.8 Å². The summed E-state index contributed by atoms with van der Waals surface area (Å²) in [5, 5.41) is -0.172. The van der Waals surface area contributed by atoms with Gasteiger partial charge in [-0.2, -0.15) is 12.6 Å². The van der Waals surface area contributed by atoms with Gasteiger partial charge < -0.3 is 0 Å². The predicted octanol–water partition coefficient (Wildman–Crippen LogP) is 0.681. The van der Waals surface area contributed by atoms with Crippen molar-refractivity contribution >= 4 is 53.2 Å². The van der Waals surface area contributed by atoms with Gasteiger partial charge in [0.1, 0.15) is 0 Å². The van der Waals surface area contributed by atoms with Crippen LogP contribution < -0.4 is 3.53 Å². The number of carbonyl (C=O) groups excluding carboxylic acids is 1. The molecular formula is C3H6INOS2. The molecule has 0 aromatic rings. The normalized spacial score (nSPS) is 13.4. The van der Waals surface area contributed by atoms with Crippen LogP contribution in [0.2, 0.25) is 0 Å². The maximum Gasteiger partial charge on any atom is 0.204 e. The molecule has 0 bridgehead atoms. The van der Waals surface area contributed by atoms with Crippen LogP contribution in [0.25, 0.3) is 0 Å². The number of nitrogens with one attached hydrogen (secondary N) is 1. The molecule has 0 aliphatic heterocycles. The molecule has 8 heavy (non-hydrogen) atoms. The summed E-state index contributed by atoms with van der Waals surface area (Å²) in [7, 11) is 0. The first kappa shape index (κ1) is 9.06. The molecule has 2 nitrogen and oxygen atoms in total. The van der Waals surface area contributed by atoms with Crippen molar-refractivity contribution in [3.8, 4) is 0 Å². The Morgan fingerprint density at radius 1 is 1.88 bits per heavy atom. The Morgan fingerprint density at radius 3 is 2.38 bits per heavy atom. The number of carbonyl (C=O) groups is 1. The van der Waals surface area contributed by atoms with E-state index in [-0.39, 0.29) is 11.2 Å². The molecule has 0 fully saturated rings. The summed E-state index contributed by atoms with van der Waals surface area (Å²) >= 11 is 9.39. The molecule has 0 saturated carbocycles. The Hall–Kier alpha value is 1.06. The van der Waals surface area contributed by atoms with E-state index in [0.29, 0.717) is 5.75 Å². The molecule has 0 aliphatic carbocycles. The van der Waals surface area contributed by atoms with Crippen molar-refractivity contribution in [3.63, 3.8) is 0 Å². The van der Waals surface area contributed by atoms with E-state index in [4.69, 9.17) is 0 Å². The van der Waals surface area contributed by atoms with Crippen LogP contribution in [-0.4, -0.2) is 16.9 Å². The van der Waals surface area contributed by atoms with Gasteiger partial charge in [0, 0.05) is 28.6 Å². The molecule has 0 spiro atoms. The maximum absolute atomic E-state index is 10.4. The Labute approximate surface area is 73.1 Å². The third-order valence-corrected chi connectivity index (χ3v) is 2.04. The van der Waals surface area contributed by atoms with Crippen molar-refractivity contribution in [1.82, 2.24) is 3.53 Å². The van der Waals surface area contributed by atoms with Crippen LogP contribution in [0.3, 0.4) is 0 Å². The van der Waals surface area contributed by atoms with Crippen molar-refractivity contribution in [2.45, 2.75) is 6.04 Å². The summed E-state index contributed by atoms with van der Waals surface area (Å²) in [4.78, 5) is 10.4. The van der Waals surface area contributed by atoms with Crippen LogP contribution in [0.5, 0.6) is 0 Å². The highest BCUT2D eigenvalue weighted by Gasteiger charge is 2.08. The number of thiol groups is 2. The highest BCUT2D eigenvalue weighted by Crippen LogP contribution is 1.95. The Bertz CT molecular complexity index is 85.4. The average Bonchev–Trinajstić information content (AvgIpc) is 1.69. The van der Waals surface area contributed by atoms with Gasteiger partial charge in [-0.05, 0) is 0 Å². The Kier molecular flexibility index (Phi) is 5.54. The SMILES string of the molecule is O=C(S)[C@H](CS)NI.